The lowest BCUT2D eigenvalue weighted by Crippen LogP contribution is -2.44. The minimum Gasteiger partial charge on any atom is -0.457 e. The molecular formula is C14H22O7. The van der Waals surface area contributed by atoms with Gasteiger partial charge in [0.25, 0.3) is 0 Å². The van der Waals surface area contributed by atoms with E-state index in [9.17, 15) is 4.79 Å². The number of ether oxygens (including phenoxy) is 6. The van der Waals surface area contributed by atoms with Gasteiger partial charge in [-0.15, -0.1) is 0 Å². The van der Waals surface area contributed by atoms with Gasteiger partial charge in [0.15, 0.2) is 30.1 Å². The van der Waals surface area contributed by atoms with Crippen molar-refractivity contribution >= 4 is 5.97 Å². The van der Waals surface area contributed by atoms with Gasteiger partial charge in [-0.25, -0.2) is 0 Å². The predicted octanol–water partition coefficient (Wildman–Crippen LogP) is 0.946. The van der Waals surface area contributed by atoms with Crippen LogP contribution < -0.4 is 0 Å². The Hall–Kier alpha value is -0.730. The van der Waals surface area contributed by atoms with Crippen LogP contribution in [0.3, 0.4) is 0 Å². The van der Waals surface area contributed by atoms with Gasteiger partial charge in [-0.1, -0.05) is 0 Å². The van der Waals surface area contributed by atoms with Crippen molar-refractivity contribution in [3.05, 3.63) is 0 Å². The molecular weight excluding hydrogens is 280 g/mol. The smallest absolute Gasteiger partial charge is 0.303 e. The average Bonchev–Trinajstić information content (AvgIpc) is 2.90. The lowest BCUT2D eigenvalue weighted by atomic mass is 10.1. The molecule has 0 aromatic rings. The summed E-state index contributed by atoms with van der Waals surface area (Å²) < 4.78 is 34.2. The van der Waals surface area contributed by atoms with Crippen molar-refractivity contribution in [1.29, 1.82) is 0 Å². The summed E-state index contributed by atoms with van der Waals surface area (Å²) in [6, 6.07) is 0. The second-order valence-corrected chi connectivity index (χ2v) is 6.51. The molecule has 0 radical (unpaired) electrons. The molecule has 0 saturated carbocycles. The number of hydrogen-bond donors (Lipinski definition) is 0. The van der Waals surface area contributed by atoms with Gasteiger partial charge < -0.3 is 28.4 Å². The molecule has 0 aromatic carbocycles. The summed E-state index contributed by atoms with van der Waals surface area (Å²) in [7, 11) is 0. The third-order valence-corrected chi connectivity index (χ3v) is 3.73. The molecule has 3 aliphatic heterocycles. The Bertz CT molecular complexity index is 433. The van der Waals surface area contributed by atoms with Gasteiger partial charge in [0.1, 0.15) is 12.2 Å². The van der Waals surface area contributed by atoms with Gasteiger partial charge in [0.05, 0.1) is 6.61 Å². The molecule has 7 nitrogen and oxygen atoms in total. The highest BCUT2D eigenvalue weighted by Crippen LogP contribution is 2.41. The molecule has 3 rings (SSSR count). The van der Waals surface area contributed by atoms with Crippen molar-refractivity contribution in [2.45, 2.75) is 76.9 Å². The molecule has 0 bridgehead atoms. The summed E-state index contributed by atoms with van der Waals surface area (Å²) in [5, 5.41) is 0. The highest BCUT2D eigenvalue weighted by atomic mass is 16.8. The number of fused-ring (bicyclic) bond motifs is 1. The van der Waals surface area contributed by atoms with Gasteiger partial charge >= 0.3 is 5.97 Å². The summed E-state index contributed by atoms with van der Waals surface area (Å²) in [6.45, 7) is 9.00. The molecule has 3 heterocycles. The Labute approximate surface area is 123 Å². The number of hydrogen-bond acceptors (Lipinski definition) is 7. The van der Waals surface area contributed by atoms with Crippen LogP contribution in [0.5, 0.6) is 0 Å². The third-order valence-electron chi connectivity index (χ3n) is 3.73. The second kappa shape index (κ2) is 4.89. The lowest BCUT2D eigenvalue weighted by Gasteiger charge is -2.28. The van der Waals surface area contributed by atoms with Gasteiger partial charge in [-0.2, -0.15) is 0 Å². The fourth-order valence-electron chi connectivity index (χ4n) is 3.01. The first-order valence-corrected chi connectivity index (χ1v) is 7.17. The third kappa shape index (κ3) is 2.93. The van der Waals surface area contributed by atoms with Gasteiger partial charge in [-0.05, 0) is 27.7 Å². The van der Waals surface area contributed by atoms with Crippen LogP contribution in [0, 0.1) is 0 Å². The summed E-state index contributed by atoms with van der Waals surface area (Å²) >= 11 is 0. The Morgan fingerprint density at radius 3 is 2.33 bits per heavy atom. The molecule has 120 valence electrons. The van der Waals surface area contributed by atoms with Crippen molar-refractivity contribution < 1.29 is 33.2 Å². The molecule has 7 heteroatoms. The van der Waals surface area contributed by atoms with Crippen LogP contribution in [0.25, 0.3) is 0 Å². The van der Waals surface area contributed by atoms with Crippen LogP contribution in [0.15, 0.2) is 0 Å². The van der Waals surface area contributed by atoms with E-state index >= 15 is 0 Å². The quantitative estimate of drug-likeness (QED) is 0.703. The first-order valence-electron chi connectivity index (χ1n) is 7.17. The molecule has 0 N–H and O–H groups in total. The van der Waals surface area contributed by atoms with Crippen LogP contribution in [0.1, 0.15) is 34.6 Å². The summed E-state index contributed by atoms with van der Waals surface area (Å²) in [4.78, 5) is 11.4. The van der Waals surface area contributed by atoms with E-state index in [0.29, 0.717) is 6.61 Å². The van der Waals surface area contributed by atoms with E-state index < -0.39 is 36.2 Å². The van der Waals surface area contributed by atoms with Gasteiger partial charge in [0, 0.05) is 6.92 Å². The minimum atomic E-state index is -0.759. The van der Waals surface area contributed by atoms with Crippen LogP contribution in [0.4, 0.5) is 0 Å². The molecule has 21 heavy (non-hydrogen) atoms. The van der Waals surface area contributed by atoms with Crippen LogP contribution in [-0.4, -0.2) is 54.9 Å². The Balaban J connectivity index is 1.77. The number of carbonyl (C=O) groups excluding carboxylic acids is 1. The summed E-state index contributed by atoms with van der Waals surface area (Å²) in [6.07, 6.45) is -2.40. The van der Waals surface area contributed by atoms with Crippen LogP contribution in [0.2, 0.25) is 0 Å². The molecule has 0 unspecified atom stereocenters. The number of esters is 1. The Kier molecular flexibility index (Phi) is 3.53. The monoisotopic (exact) mass is 302 g/mol. The van der Waals surface area contributed by atoms with E-state index in [2.05, 4.69) is 0 Å². The Morgan fingerprint density at radius 2 is 1.76 bits per heavy atom. The second-order valence-electron chi connectivity index (χ2n) is 6.51. The van der Waals surface area contributed by atoms with Crippen molar-refractivity contribution in [3.63, 3.8) is 0 Å². The van der Waals surface area contributed by atoms with Gasteiger partial charge in [0.2, 0.25) is 0 Å². The zero-order chi connectivity index (χ0) is 15.4. The Morgan fingerprint density at radius 1 is 1.05 bits per heavy atom. The lowest BCUT2D eigenvalue weighted by molar-refractivity contribution is -0.235. The zero-order valence-corrected chi connectivity index (χ0v) is 13.0. The van der Waals surface area contributed by atoms with Crippen molar-refractivity contribution in [2.24, 2.45) is 0 Å². The van der Waals surface area contributed by atoms with E-state index in [1.165, 1.54) is 6.92 Å². The fraction of sp³-hybridized carbons (Fsp3) is 0.929. The van der Waals surface area contributed by atoms with Crippen LogP contribution in [-0.2, 0) is 33.2 Å². The van der Waals surface area contributed by atoms with Gasteiger partial charge in [-0.3, -0.25) is 4.79 Å². The fourth-order valence-corrected chi connectivity index (χ4v) is 3.01. The van der Waals surface area contributed by atoms with Crippen molar-refractivity contribution in [3.8, 4) is 0 Å². The predicted molar refractivity (Wildman–Crippen MR) is 69.2 cm³/mol. The average molecular weight is 302 g/mol. The molecule has 3 fully saturated rings. The molecule has 0 amide bonds. The molecule has 0 aliphatic carbocycles. The molecule has 0 spiro atoms. The standard InChI is InChI=1S/C14H22O7/c1-7(15)17-10-9(8-6-16-13(2,3)19-8)18-12-11(10)20-14(4,5)21-12/h8-12H,6H2,1-5H3/t8-,9-,10-,11+,12-/m0/s1. The summed E-state index contributed by atoms with van der Waals surface area (Å²) in [5.41, 5.74) is 0. The molecule has 5 atom stereocenters. The van der Waals surface area contributed by atoms with E-state index in [1.54, 1.807) is 13.8 Å². The highest BCUT2D eigenvalue weighted by molar-refractivity contribution is 5.66. The maximum atomic E-state index is 11.4. The molecule has 3 saturated heterocycles. The first kappa shape index (κ1) is 15.2. The SMILES string of the molecule is CC(=O)O[C@H]1[C@H]([C@@H]2COC(C)(C)O2)O[C@H]2OC(C)(C)O[C@@H]21. The topological polar surface area (TPSA) is 72.5 Å². The van der Waals surface area contributed by atoms with Crippen LogP contribution >= 0.6 is 0 Å². The molecule has 0 aromatic heterocycles. The largest absolute Gasteiger partial charge is 0.457 e. The highest BCUT2D eigenvalue weighted by Gasteiger charge is 2.59. The normalized spacial score (nSPS) is 43.8. The van der Waals surface area contributed by atoms with E-state index in [-0.39, 0.29) is 12.1 Å². The van der Waals surface area contributed by atoms with E-state index in [1.807, 2.05) is 13.8 Å². The van der Waals surface area contributed by atoms with E-state index in [4.69, 9.17) is 28.4 Å². The summed E-state index contributed by atoms with van der Waals surface area (Å²) in [5.74, 6) is -1.82. The maximum Gasteiger partial charge on any atom is 0.303 e. The molecule has 3 aliphatic rings. The number of rotatable bonds is 2. The van der Waals surface area contributed by atoms with Crippen molar-refractivity contribution in [2.75, 3.05) is 6.61 Å². The maximum absolute atomic E-state index is 11.4. The van der Waals surface area contributed by atoms with E-state index in [0.717, 1.165) is 0 Å². The first-order chi connectivity index (χ1) is 9.67. The zero-order valence-electron chi connectivity index (χ0n) is 13.0. The minimum absolute atomic E-state index is 0.328. The number of carbonyl (C=O) groups is 1. The van der Waals surface area contributed by atoms with Crippen molar-refractivity contribution in [1.82, 2.24) is 0 Å².